The second-order valence-electron chi connectivity index (χ2n) is 5.96. The Bertz CT molecular complexity index is 466. The van der Waals surface area contributed by atoms with Gasteiger partial charge in [0, 0.05) is 24.2 Å². The lowest BCUT2D eigenvalue weighted by Gasteiger charge is -2.14. The minimum atomic E-state index is -0.119. The summed E-state index contributed by atoms with van der Waals surface area (Å²) >= 11 is 0. The monoisotopic (exact) mass is 290 g/mol. The van der Waals surface area contributed by atoms with Crippen LogP contribution in [0.15, 0.2) is 24.3 Å². The van der Waals surface area contributed by atoms with Gasteiger partial charge in [-0.1, -0.05) is 26.7 Å². The molecule has 0 bridgehead atoms. The van der Waals surface area contributed by atoms with Gasteiger partial charge in [-0.3, -0.25) is 9.59 Å². The SMILES string of the molecule is CC(=O)Nc1ccc(C(=O)N[C@H](C)CCCC(C)C)cc1. The van der Waals surface area contributed by atoms with E-state index in [0.29, 0.717) is 17.2 Å². The average molecular weight is 290 g/mol. The lowest BCUT2D eigenvalue weighted by atomic mass is 10.0. The van der Waals surface area contributed by atoms with Crippen LogP contribution in [0.3, 0.4) is 0 Å². The van der Waals surface area contributed by atoms with Crippen LogP contribution in [-0.4, -0.2) is 17.9 Å². The summed E-state index contributed by atoms with van der Waals surface area (Å²) in [5.41, 5.74) is 1.31. The molecule has 0 unspecified atom stereocenters. The summed E-state index contributed by atoms with van der Waals surface area (Å²) < 4.78 is 0. The summed E-state index contributed by atoms with van der Waals surface area (Å²) in [6.45, 7) is 7.91. The van der Waals surface area contributed by atoms with Gasteiger partial charge in [-0.25, -0.2) is 0 Å². The summed E-state index contributed by atoms with van der Waals surface area (Å²) in [5.74, 6) is 0.515. The first-order valence-electron chi connectivity index (χ1n) is 7.57. The summed E-state index contributed by atoms with van der Waals surface area (Å²) in [7, 11) is 0. The van der Waals surface area contributed by atoms with E-state index in [4.69, 9.17) is 0 Å². The molecular formula is C17H26N2O2. The number of nitrogens with one attached hydrogen (secondary N) is 2. The van der Waals surface area contributed by atoms with E-state index in [1.54, 1.807) is 24.3 Å². The highest BCUT2D eigenvalue weighted by molar-refractivity contribution is 5.95. The van der Waals surface area contributed by atoms with E-state index in [0.717, 1.165) is 12.8 Å². The van der Waals surface area contributed by atoms with Crippen molar-refractivity contribution in [2.24, 2.45) is 5.92 Å². The predicted molar refractivity (Wildman–Crippen MR) is 86.4 cm³/mol. The van der Waals surface area contributed by atoms with Crippen molar-refractivity contribution in [3.63, 3.8) is 0 Å². The van der Waals surface area contributed by atoms with Gasteiger partial charge in [-0.2, -0.15) is 0 Å². The second-order valence-corrected chi connectivity index (χ2v) is 5.96. The van der Waals surface area contributed by atoms with E-state index in [-0.39, 0.29) is 17.9 Å². The van der Waals surface area contributed by atoms with Gasteiger partial charge < -0.3 is 10.6 Å². The molecule has 1 aromatic carbocycles. The number of carbonyl (C=O) groups excluding carboxylic acids is 2. The van der Waals surface area contributed by atoms with Gasteiger partial charge in [0.2, 0.25) is 5.91 Å². The molecule has 0 saturated heterocycles. The Hall–Kier alpha value is -1.84. The molecule has 0 spiro atoms. The zero-order valence-electron chi connectivity index (χ0n) is 13.4. The maximum Gasteiger partial charge on any atom is 0.251 e. The quantitative estimate of drug-likeness (QED) is 0.806. The Labute approximate surface area is 127 Å². The van der Waals surface area contributed by atoms with E-state index < -0.39 is 0 Å². The molecule has 0 aromatic heterocycles. The van der Waals surface area contributed by atoms with Crippen LogP contribution in [0.5, 0.6) is 0 Å². The van der Waals surface area contributed by atoms with Gasteiger partial charge in [0.15, 0.2) is 0 Å². The molecule has 116 valence electrons. The van der Waals surface area contributed by atoms with Crippen LogP contribution < -0.4 is 10.6 Å². The van der Waals surface area contributed by atoms with Crippen LogP contribution in [0.25, 0.3) is 0 Å². The van der Waals surface area contributed by atoms with Gasteiger partial charge in [-0.05, 0) is 43.5 Å². The molecule has 0 fully saturated rings. The number of benzene rings is 1. The maximum atomic E-state index is 12.1. The Balaban J connectivity index is 2.45. The van der Waals surface area contributed by atoms with E-state index in [1.807, 2.05) is 6.92 Å². The number of amides is 2. The molecule has 0 saturated carbocycles. The molecule has 0 radical (unpaired) electrons. The molecule has 0 aliphatic carbocycles. The fourth-order valence-electron chi connectivity index (χ4n) is 2.12. The first-order valence-corrected chi connectivity index (χ1v) is 7.57. The van der Waals surface area contributed by atoms with Gasteiger partial charge in [0.05, 0.1) is 0 Å². The minimum absolute atomic E-state index is 0.0681. The fraction of sp³-hybridized carbons (Fsp3) is 0.529. The van der Waals surface area contributed by atoms with Crippen molar-refractivity contribution >= 4 is 17.5 Å². The van der Waals surface area contributed by atoms with Crippen molar-refractivity contribution in [1.82, 2.24) is 5.32 Å². The van der Waals surface area contributed by atoms with Crippen molar-refractivity contribution in [2.45, 2.75) is 53.0 Å². The standard InChI is InChI=1S/C17H26N2O2/c1-12(2)6-5-7-13(3)18-17(21)15-8-10-16(11-9-15)19-14(4)20/h8-13H,5-7H2,1-4H3,(H,18,21)(H,19,20)/t13-/m1/s1. The van der Waals surface area contributed by atoms with Crippen molar-refractivity contribution < 1.29 is 9.59 Å². The lowest BCUT2D eigenvalue weighted by Crippen LogP contribution is -2.32. The van der Waals surface area contributed by atoms with Crippen molar-refractivity contribution in [3.8, 4) is 0 Å². The average Bonchev–Trinajstić information content (AvgIpc) is 2.38. The summed E-state index contributed by atoms with van der Waals surface area (Å²) in [6, 6.07) is 7.09. The van der Waals surface area contributed by atoms with E-state index in [1.165, 1.54) is 13.3 Å². The molecule has 0 aliphatic rings. The highest BCUT2D eigenvalue weighted by atomic mass is 16.2. The number of anilines is 1. The van der Waals surface area contributed by atoms with E-state index in [9.17, 15) is 9.59 Å². The molecule has 2 amide bonds. The molecule has 0 heterocycles. The Morgan fingerprint density at radius 3 is 2.19 bits per heavy atom. The molecule has 1 rings (SSSR count). The van der Waals surface area contributed by atoms with E-state index >= 15 is 0 Å². The van der Waals surface area contributed by atoms with Crippen LogP contribution in [0.1, 0.15) is 57.3 Å². The molecular weight excluding hydrogens is 264 g/mol. The molecule has 4 nitrogen and oxygen atoms in total. The molecule has 2 N–H and O–H groups in total. The smallest absolute Gasteiger partial charge is 0.251 e. The highest BCUT2D eigenvalue weighted by Gasteiger charge is 2.10. The molecule has 1 atom stereocenters. The molecule has 21 heavy (non-hydrogen) atoms. The largest absolute Gasteiger partial charge is 0.350 e. The van der Waals surface area contributed by atoms with Crippen LogP contribution in [0.4, 0.5) is 5.69 Å². The number of hydrogen-bond donors (Lipinski definition) is 2. The first kappa shape index (κ1) is 17.2. The van der Waals surface area contributed by atoms with Crippen molar-refractivity contribution in [2.75, 3.05) is 5.32 Å². The van der Waals surface area contributed by atoms with E-state index in [2.05, 4.69) is 24.5 Å². The molecule has 4 heteroatoms. The number of rotatable bonds is 7. The van der Waals surface area contributed by atoms with Gasteiger partial charge >= 0.3 is 0 Å². The third-order valence-corrected chi connectivity index (χ3v) is 3.26. The topological polar surface area (TPSA) is 58.2 Å². The van der Waals surface area contributed by atoms with Crippen molar-refractivity contribution in [1.29, 1.82) is 0 Å². The van der Waals surface area contributed by atoms with Crippen molar-refractivity contribution in [3.05, 3.63) is 29.8 Å². The van der Waals surface area contributed by atoms with Crippen LogP contribution in [0, 0.1) is 5.92 Å². The van der Waals surface area contributed by atoms with Gasteiger partial charge in [-0.15, -0.1) is 0 Å². The summed E-state index contributed by atoms with van der Waals surface area (Å²) in [5, 5.41) is 5.68. The van der Waals surface area contributed by atoms with Gasteiger partial charge in [0.25, 0.3) is 5.91 Å². The van der Waals surface area contributed by atoms with Crippen LogP contribution >= 0.6 is 0 Å². The first-order chi connectivity index (χ1) is 9.88. The lowest BCUT2D eigenvalue weighted by molar-refractivity contribution is -0.114. The Morgan fingerprint density at radius 2 is 1.67 bits per heavy atom. The third kappa shape index (κ3) is 6.93. The fourth-order valence-corrected chi connectivity index (χ4v) is 2.12. The Kier molecular flexibility index (Phi) is 6.92. The molecule has 0 aliphatic heterocycles. The van der Waals surface area contributed by atoms with Gasteiger partial charge in [0.1, 0.15) is 0 Å². The zero-order valence-corrected chi connectivity index (χ0v) is 13.4. The normalized spacial score (nSPS) is 12.0. The minimum Gasteiger partial charge on any atom is -0.350 e. The Morgan fingerprint density at radius 1 is 1.05 bits per heavy atom. The molecule has 1 aromatic rings. The number of carbonyl (C=O) groups is 2. The van der Waals surface area contributed by atoms with Crippen LogP contribution in [-0.2, 0) is 4.79 Å². The van der Waals surface area contributed by atoms with Crippen LogP contribution in [0.2, 0.25) is 0 Å². The zero-order chi connectivity index (χ0) is 15.8. The highest BCUT2D eigenvalue weighted by Crippen LogP contribution is 2.11. The summed E-state index contributed by atoms with van der Waals surface area (Å²) in [6.07, 6.45) is 3.31. The second kappa shape index (κ2) is 8.45. The summed E-state index contributed by atoms with van der Waals surface area (Å²) in [4.78, 5) is 23.0. The number of hydrogen-bond acceptors (Lipinski definition) is 2. The maximum absolute atomic E-state index is 12.1. The predicted octanol–water partition coefficient (Wildman–Crippen LogP) is 3.59. The third-order valence-electron chi connectivity index (χ3n) is 3.26.